The molecule has 1 aromatic carbocycles. The van der Waals surface area contributed by atoms with E-state index in [1.54, 1.807) is 17.2 Å². The van der Waals surface area contributed by atoms with Gasteiger partial charge in [-0.25, -0.2) is 9.78 Å². The van der Waals surface area contributed by atoms with E-state index < -0.39 is 23.8 Å². The Morgan fingerprint density at radius 3 is 2.61 bits per heavy atom. The lowest BCUT2D eigenvalue weighted by molar-refractivity contribution is -0.215. The number of anilines is 1. The highest BCUT2D eigenvalue weighted by molar-refractivity contribution is 6.34. The first-order chi connectivity index (χ1) is 19.2. The number of aromatic nitrogens is 5. The van der Waals surface area contributed by atoms with Crippen LogP contribution in [0, 0.1) is 12.3 Å². The molecule has 1 N–H and O–H groups in total. The second kappa shape index (κ2) is 10.2. The summed E-state index contributed by atoms with van der Waals surface area (Å²) in [6.07, 6.45) is -1.72. The average Bonchev–Trinajstić information content (AvgIpc) is 3.38. The molecule has 1 saturated heterocycles. The number of pyridine rings is 1. The molecule has 41 heavy (non-hydrogen) atoms. The Hall–Kier alpha value is -3.93. The predicted molar refractivity (Wildman–Crippen MR) is 152 cm³/mol. The molecule has 1 aliphatic heterocycles. The predicted octanol–water partition coefficient (Wildman–Crippen LogP) is 5.11. The van der Waals surface area contributed by atoms with E-state index in [4.69, 9.17) is 16.6 Å². The quantitative estimate of drug-likeness (QED) is 0.326. The number of nitrogens with zero attached hydrogens (tertiary/aromatic N) is 6. The van der Waals surface area contributed by atoms with Gasteiger partial charge in [0.05, 0.1) is 33.2 Å². The zero-order chi connectivity index (χ0) is 29.9. The number of rotatable bonds is 5. The Morgan fingerprint density at radius 1 is 1.22 bits per heavy atom. The molecule has 0 spiro atoms. The monoisotopic (exact) mass is 587 g/mol. The smallest absolute Gasteiger partial charge is 0.350 e. The maximum absolute atomic E-state index is 14.0. The number of halogens is 4. The number of aromatic amines is 1. The molecule has 0 aliphatic carbocycles. The molecule has 1 atom stereocenters. The summed E-state index contributed by atoms with van der Waals surface area (Å²) in [5, 5.41) is 8.32. The van der Waals surface area contributed by atoms with Gasteiger partial charge in [-0.3, -0.25) is 14.5 Å². The highest BCUT2D eigenvalue weighted by Crippen LogP contribution is 2.41. The van der Waals surface area contributed by atoms with Gasteiger partial charge in [0.15, 0.2) is 0 Å². The second-order valence-electron chi connectivity index (χ2n) is 11.0. The molecule has 0 radical (unpaired) electrons. The molecule has 1 amide bonds. The number of nitrogens with one attached hydrogen (secondary N) is 1. The van der Waals surface area contributed by atoms with E-state index in [1.807, 2.05) is 30.9 Å². The van der Waals surface area contributed by atoms with Crippen LogP contribution in [0.25, 0.3) is 33.2 Å². The van der Waals surface area contributed by atoms with E-state index in [0.29, 0.717) is 36.3 Å². The van der Waals surface area contributed by atoms with Gasteiger partial charge in [-0.05, 0) is 51.5 Å². The first-order valence-corrected chi connectivity index (χ1v) is 13.4. The van der Waals surface area contributed by atoms with Crippen molar-refractivity contribution in [2.24, 2.45) is 5.41 Å². The number of carbonyl (C=O) groups excluding carboxylic acids is 1. The van der Waals surface area contributed by atoms with Crippen molar-refractivity contribution in [3.8, 4) is 11.3 Å². The molecule has 1 aliphatic rings. The molecule has 1 fully saturated rings. The summed E-state index contributed by atoms with van der Waals surface area (Å²) < 4.78 is 42.9. The number of benzene rings is 1. The molecule has 3 aromatic heterocycles. The summed E-state index contributed by atoms with van der Waals surface area (Å²) in [6.45, 7) is 9.69. The maximum Gasteiger partial charge on any atom is 0.395 e. The number of carbonyl (C=O) groups is 1. The van der Waals surface area contributed by atoms with Gasteiger partial charge in [-0.1, -0.05) is 24.2 Å². The molecule has 0 saturated carbocycles. The summed E-state index contributed by atoms with van der Waals surface area (Å²) in [4.78, 5) is 38.2. The van der Waals surface area contributed by atoms with Gasteiger partial charge in [0, 0.05) is 43.2 Å². The van der Waals surface area contributed by atoms with Crippen molar-refractivity contribution >= 4 is 45.3 Å². The van der Waals surface area contributed by atoms with Gasteiger partial charge in [-0.15, -0.1) is 0 Å². The maximum atomic E-state index is 14.0. The number of hydrogen-bond donors (Lipinski definition) is 1. The van der Waals surface area contributed by atoms with Gasteiger partial charge in [0.1, 0.15) is 11.5 Å². The van der Waals surface area contributed by atoms with Gasteiger partial charge in [0.2, 0.25) is 5.91 Å². The number of hydrogen-bond acceptors (Lipinski definition) is 6. The molecule has 4 aromatic rings. The largest absolute Gasteiger partial charge is 0.395 e. The van der Waals surface area contributed by atoms with Crippen molar-refractivity contribution in [1.29, 1.82) is 0 Å². The topological polar surface area (TPSA) is 100 Å². The van der Waals surface area contributed by atoms with Crippen LogP contribution in [0.5, 0.6) is 0 Å². The Labute approximate surface area is 238 Å². The number of alkyl halides is 3. The Kier molecular flexibility index (Phi) is 7.09. The van der Waals surface area contributed by atoms with Crippen molar-refractivity contribution in [2.45, 2.75) is 46.5 Å². The lowest BCUT2D eigenvalue weighted by atomic mass is 9.92. The summed E-state index contributed by atoms with van der Waals surface area (Å²) in [5.41, 5.74) is -0.556. The lowest BCUT2D eigenvalue weighted by Gasteiger charge is -2.40. The van der Waals surface area contributed by atoms with E-state index >= 15 is 0 Å². The molecule has 9 nitrogen and oxygen atoms in total. The molecular formula is C28H29ClF3N7O2. The summed E-state index contributed by atoms with van der Waals surface area (Å²) in [5.74, 6) is 0.0423. The zero-order valence-corrected chi connectivity index (χ0v) is 23.8. The number of fused-ring (bicyclic) bond motifs is 2. The molecule has 0 unspecified atom stereocenters. The van der Waals surface area contributed by atoms with Crippen LogP contribution in [-0.4, -0.2) is 67.4 Å². The van der Waals surface area contributed by atoms with E-state index in [1.165, 1.54) is 6.08 Å². The van der Waals surface area contributed by atoms with Gasteiger partial charge in [-0.2, -0.15) is 23.3 Å². The fourth-order valence-electron chi connectivity index (χ4n) is 5.22. The van der Waals surface area contributed by atoms with Crippen LogP contribution in [0.3, 0.4) is 0 Å². The SMILES string of the molecule is C=CC(=O)N1CCN(c2nc(=O)n(CC(C)(C)C(F)(F)F)c3nc(-c4c(C)ccc5[nH]ncc45)c(Cl)cc23)[C@@H](C)C1. The number of H-pyrrole nitrogens is 1. The number of piperazine rings is 1. The summed E-state index contributed by atoms with van der Waals surface area (Å²) in [6, 6.07) is 5.06. The van der Waals surface area contributed by atoms with Crippen LogP contribution in [0.15, 0.2) is 41.8 Å². The molecule has 4 heterocycles. The molecule has 216 valence electrons. The van der Waals surface area contributed by atoms with E-state index in [9.17, 15) is 22.8 Å². The zero-order valence-electron chi connectivity index (χ0n) is 23.0. The van der Waals surface area contributed by atoms with Crippen LogP contribution in [0.2, 0.25) is 5.02 Å². The normalized spacial score (nSPS) is 16.5. The first kappa shape index (κ1) is 28.6. The average molecular weight is 588 g/mol. The Morgan fingerprint density at radius 2 is 1.95 bits per heavy atom. The van der Waals surface area contributed by atoms with Crippen molar-refractivity contribution in [2.75, 3.05) is 24.5 Å². The van der Waals surface area contributed by atoms with Crippen LogP contribution < -0.4 is 10.6 Å². The highest BCUT2D eigenvalue weighted by atomic mass is 35.5. The van der Waals surface area contributed by atoms with E-state index in [0.717, 1.165) is 34.9 Å². The minimum absolute atomic E-state index is 0.0356. The van der Waals surface area contributed by atoms with Crippen molar-refractivity contribution < 1.29 is 18.0 Å². The van der Waals surface area contributed by atoms with Gasteiger partial charge < -0.3 is 9.80 Å². The number of aryl methyl sites for hydroxylation is 1. The second-order valence-corrected chi connectivity index (χ2v) is 11.4. The molecule has 0 bridgehead atoms. The Balaban J connectivity index is 1.75. The molecular weight excluding hydrogens is 559 g/mol. The minimum atomic E-state index is -4.59. The van der Waals surface area contributed by atoms with Crippen LogP contribution in [0.4, 0.5) is 19.0 Å². The summed E-state index contributed by atoms with van der Waals surface area (Å²) >= 11 is 6.83. The van der Waals surface area contributed by atoms with Crippen LogP contribution in [0.1, 0.15) is 26.3 Å². The fraction of sp³-hybridized carbons (Fsp3) is 0.393. The van der Waals surface area contributed by atoms with Crippen LogP contribution in [-0.2, 0) is 11.3 Å². The molecule has 5 rings (SSSR count). The standard InChI is InChI=1S/C28H29ClF3N7O2/c1-6-21(40)37-9-10-38(16(3)13-37)25-17-11-19(29)23(22-15(2)7-8-20-18(22)12-33-36-20)34-24(17)39(26(41)35-25)14-27(4,5)28(30,31)32/h6-8,11-12,16H,1,9-10,13-14H2,2-5H3,(H,33,36)/t16-/m0/s1. The third-order valence-corrected chi connectivity index (χ3v) is 7.95. The Bertz CT molecular complexity index is 1740. The third-order valence-electron chi connectivity index (χ3n) is 7.66. The fourth-order valence-corrected chi connectivity index (χ4v) is 5.46. The van der Waals surface area contributed by atoms with E-state index in [-0.39, 0.29) is 28.4 Å². The van der Waals surface area contributed by atoms with Gasteiger partial charge >= 0.3 is 11.9 Å². The molecule has 13 heteroatoms. The van der Waals surface area contributed by atoms with Crippen molar-refractivity contribution in [1.82, 2.24) is 29.6 Å². The first-order valence-electron chi connectivity index (χ1n) is 13.0. The number of amides is 1. The van der Waals surface area contributed by atoms with Gasteiger partial charge in [0.25, 0.3) is 0 Å². The summed E-state index contributed by atoms with van der Waals surface area (Å²) in [7, 11) is 0. The minimum Gasteiger partial charge on any atom is -0.350 e. The van der Waals surface area contributed by atoms with Crippen molar-refractivity contribution in [3.63, 3.8) is 0 Å². The van der Waals surface area contributed by atoms with E-state index in [2.05, 4.69) is 21.8 Å². The highest BCUT2D eigenvalue weighted by Gasteiger charge is 2.48. The van der Waals surface area contributed by atoms with Crippen molar-refractivity contribution in [3.05, 3.63) is 58.1 Å². The third kappa shape index (κ3) is 4.94. The van der Waals surface area contributed by atoms with Crippen LogP contribution >= 0.6 is 11.6 Å². The lowest BCUT2D eigenvalue weighted by Crippen LogP contribution is -2.54.